The number of hydrogen-bond donors (Lipinski definition) is 0. The van der Waals surface area contributed by atoms with Crippen molar-refractivity contribution < 1.29 is 9.15 Å². The first-order valence-electron chi connectivity index (χ1n) is 6.55. The molecule has 0 saturated carbocycles. The molecule has 0 aliphatic carbocycles. The molecule has 0 radical (unpaired) electrons. The maximum absolute atomic E-state index is 5.87. The fourth-order valence-corrected chi connectivity index (χ4v) is 2.95. The summed E-state index contributed by atoms with van der Waals surface area (Å²) < 4.78 is 11.0. The predicted molar refractivity (Wildman–Crippen MR) is 82.0 cm³/mol. The number of aryl methyl sites for hydroxylation is 1. The Kier molecular flexibility index (Phi) is 3.05. The lowest BCUT2D eigenvalue weighted by molar-refractivity contribution is 0.468. The maximum Gasteiger partial charge on any atom is 0.247 e. The number of ether oxygens (including phenoxy) is 1. The fourth-order valence-electron chi connectivity index (χ4n) is 2.11. The van der Waals surface area contributed by atoms with Gasteiger partial charge >= 0.3 is 0 Å². The standard InChI is InChI=1S/C15H10N4O2S/c1-9-6-12-14(16-7-17-15(12)22-9)21-11-4-2-10(3-5-11)13-19-18-8-20-13/h2-8H,1H3. The van der Waals surface area contributed by atoms with Gasteiger partial charge < -0.3 is 9.15 Å². The van der Waals surface area contributed by atoms with Gasteiger partial charge in [-0.1, -0.05) is 0 Å². The van der Waals surface area contributed by atoms with Crippen molar-refractivity contribution in [3.8, 4) is 23.1 Å². The van der Waals surface area contributed by atoms with Gasteiger partial charge in [-0.2, -0.15) is 0 Å². The molecular formula is C15H10N4O2S. The Bertz CT molecular complexity index is 917. The van der Waals surface area contributed by atoms with Gasteiger partial charge in [0.05, 0.1) is 5.39 Å². The lowest BCUT2D eigenvalue weighted by atomic mass is 10.2. The number of thiophene rings is 1. The van der Waals surface area contributed by atoms with Gasteiger partial charge in [0.1, 0.15) is 16.9 Å². The third-order valence-electron chi connectivity index (χ3n) is 3.09. The molecule has 0 fully saturated rings. The molecule has 4 rings (SSSR count). The summed E-state index contributed by atoms with van der Waals surface area (Å²) in [7, 11) is 0. The van der Waals surface area contributed by atoms with Gasteiger partial charge in [0.2, 0.25) is 18.2 Å². The van der Waals surface area contributed by atoms with E-state index in [-0.39, 0.29) is 0 Å². The summed E-state index contributed by atoms with van der Waals surface area (Å²) in [4.78, 5) is 10.6. The molecule has 6 nitrogen and oxygen atoms in total. The lowest BCUT2D eigenvalue weighted by Crippen LogP contribution is -1.89. The maximum atomic E-state index is 5.87. The van der Waals surface area contributed by atoms with E-state index in [1.54, 1.807) is 11.3 Å². The number of rotatable bonds is 3. The van der Waals surface area contributed by atoms with Crippen molar-refractivity contribution in [3.05, 3.63) is 47.9 Å². The van der Waals surface area contributed by atoms with Crippen molar-refractivity contribution in [2.45, 2.75) is 6.92 Å². The van der Waals surface area contributed by atoms with E-state index in [2.05, 4.69) is 20.2 Å². The van der Waals surface area contributed by atoms with E-state index in [0.29, 0.717) is 17.5 Å². The molecule has 7 heteroatoms. The van der Waals surface area contributed by atoms with Crippen LogP contribution in [0.15, 0.2) is 47.5 Å². The summed E-state index contributed by atoms with van der Waals surface area (Å²) in [6, 6.07) is 9.43. The van der Waals surface area contributed by atoms with Gasteiger partial charge in [-0.25, -0.2) is 9.97 Å². The first-order chi connectivity index (χ1) is 10.8. The first-order valence-corrected chi connectivity index (χ1v) is 7.37. The predicted octanol–water partition coefficient (Wildman–Crippen LogP) is 3.84. The molecule has 0 saturated heterocycles. The Morgan fingerprint density at radius 3 is 2.77 bits per heavy atom. The van der Waals surface area contributed by atoms with E-state index in [9.17, 15) is 0 Å². The van der Waals surface area contributed by atoms with Crippen molar-refractivity contribution in [3.63, 3.8) is 0 Å². The summed E-state index contributed by atoms with van der Waals surface area (Å²) in [5.41, 5.74) is 0.837. The number of hydrogen-bond acceptors (Lipinski definition) is 7. The molecule has 0 N–H and O–H groups in total. The van der Waals surface area contributed by atoms with Gasteiger partial charge in [-0.3, -0.25) is 0 Å². The van der Waals surface area contributed by atoms with Crippen molar-refractivity contribution in [1.29, 1.82) is 0 Å². The monoisotopic (exact) mass is 310 g/mol. The number of benzene rings is 1. The molecule has 0 aliphatic rings. The Labute approximate surface area is 129 Å². The first kappa shape index (κ1) is 12.9. The van der Waals surface area contributed by atoms with Crippen LogP contribution in [0, 0.1) is 6.92 Å². The average Bonchev–Trinajstić information content (AvgIpc) is 3.17. The Morgan fingerprint density at radius 2 is 2.00 bits per heavy atom. The van der Waals surface area contributed by atoms with E-state index in [1.807, 2.05) is 37.3 Å². The molecule has 4 aromatic rings. The van der Waals surface area contributed by atoms with Crippen LogP contribution in [0.1, 0.15) is 4.88 Å². The van der Waals surface area contributed by atoms with Crippen LogP contribution in [0.25, 0.3) is 21.7 Å². The third-order valence-corrected chi connectivity index (χ3v) is 4.05. The summed E-state index contributed by atoms with van der Waals surface area (Å²) >= 11 is 1.62. The Morgan fingerprint density at radius 1 is 1.14 bits per heavy atom. The van der Waals surface area contributed by atoms with E-state index >= 15 is 0 Å². The highest BCUT2D eigenvalue weighted by Gasteiger charge is 2.10. The van der Waals surface area contributed by atoms with Gasteiger partial charge in [0, 0.05) is 10.4 Å². The molecule has 22 heavy (non-hydrogen) atoms. The number of aromatic nitrogens is 4. The van der Waals surface area contributed by atoms with Crippen molar-refractivity contribution >= 4 is 21.6 Å². The molecule has 0 unspecified atom stereocenters. The minimum Gasteiger partial charge on any atom is -0.438 e. The van der Waals surface area contributed by atoms with Gasteiger partial charge in [-0.05, 0) is 37.3 Å². The highest BCUT2D eigenvalue weighted by molar-refractivity contribution is 7.18. The summed E-state index contributed by atoms with van der Waals surface area (Å²) in [6.45, 7) is 2.04. The lowest BCUT2D eigenvalue weighted by Gasteiger charge is -2.05. The van der Waals surface area contributed by atoms with Crippen LogP contribution in [0.4, 0.5) is 0 Å². The molecule has 0 atom stereocenters. The summed E-state index contributed by atoms with van der Waals surface area (Å²) in [5, 5.41) is 8.45. The zero-order valence-corrected chi connectivity index (χ0v) is 12.4. The Balaban J connectivity index is 1.65. The van der Waals surface area contributed by atoms with Gasteiger partial charge in [0.25, 0.3) is 0 Å². The molecule has 3 heterocycles. The number of nitrogens with zero attached hydrogens (tertiary/aromatic N) is 4. The van der Waals surface area contributed by atoms with Gasteiger partial charge in [-0.15, -0.1) is 21.5 Å². The smallest absolute Gasteiger partial charge is 0.247 e. The summed E-state index contributed by atoms with van der Waals surface area (Å²) in [5.74, 6) is 1.72. The van der Waals surface area contributed by atoms with Crippen molar-refractivity contribution in [1.82, 2.24) is 20.2 Å². The van der Waals surface area contributed by atoms with Crippen LogP contribution in [0.5, 0.6) is 11.6 Å². The second-order valence-corrected chi connectivity index (χ2v) is 5.86. The molecule has 3 aromatic heterocycles. The van der Waals surface area contributed by atoms with Crippen molar-refractivity contribution in [2.24, 2.45) is 0 Å². The number of fused-ring (bicyclic) bond motifs is 1. The van der Waals surface area contributed by atoms with E-state index in [0.717, 1.165) is 15.8 Å². The summed E-state index contributed by atoms with van der Waals surface area (Å²) in [6.07, 6.45) is 2.82. The molecule has 0 aliphatic heterocycles. The third kappa shape index (κ3) is 2.31. The minimum atomic E-state index is 0.476. The molecule has 108 valence electrons. The fraction of sp³-hybridized carbons (Fsp3) is 0.0667. The van der Waals surface area contributed by atoms with Crippen LogP contribution in [-0.2, 0) is 0 Å². The highest BCUT2D eigenvalue weighted by atomic mass is 32.1. The van der Waals surface area contributed by atoms with E-state index in [4.69, 9.17) is 9.15 Å². The van der Waals surface area contributed by atoms with Crippen LogP contribution in [0.2, 0.25) is 0 Å². The van der Waals surface area contributed by atoms with Crippen LogP contribution >= 0.6 is 11.3 Å². The average molecular weight is 310 g/mol. The normalized spacial score (nSPS) is 11.0. The molecule has 0 amide bonds. The largest absolute Gasteiger partial charge is 0.438 e. The molecular weight excluding hydrogens is 300 g/mol. The zero-order valence-electron chi connectivity index (χ0n) is 11.6. The van der Waals surface area contributed by atoms with Crippen LogP contribution in [0.3, 0.4) is 0 Å². The van der Waals surface area contributed by atoms with Crippen LogP contribution in [-0.4, -0.2) is 20.2 Å². The molecule has 0 spiro atoms. The van der Waals surface area contributed by atoms with Crippen LogP contribution < -0.4 is 4.74 Å². The molecule has 0 bridgehead atoms. The Hall–Kier alpha value is -2.80. The van der Waals surface area contributed by atoms with E-state index < -0.39 is 0 Å². The zero-order chi connectivity index (χ0) is 14.9. The van der Waals surface area contributed by atoms with E-state index in [1.165, 1.54) is 17.6 Å². The minimum absolute atomic E-state index is 0.476. The highest BCUT2D eigenvalue weighted by Crippen LogP contribution is 2.32. The van der Waals surface area contributed by atoms with Crippen molar-refractivity contribution in [2.75, 3.05) is 0 Å². The second kappa shape index (κ2) is 5.19. The quantitative estimate of drug-likeness (QED) is 0.572. The molecule has 1 aromatic carbocycles. The van der Waals surface area contributed by atoms with Gasteiger partial charge in [0.15, 0.2) is 0 Å². The SMILES string of the molecule is Cc1cc2c(Oc3ccc(-c4nnco4)cc3)ncnc2s1. The topological polar surface area (TPSA) is 73.9 Å². The second-order valence-electron chi connectivity index (χ2n) is 4.63.